The number of ketones is 1. The van der Waals surface area contributed by atoms with Gasteiger partial charge in [0, 0.05) is 0 Å². The summed E-state index contributed by atoms with van der Waals surface area (Å²) in [5.41, 5.74) is 2.05. The van der Waals surface area contributed by atoms with Gasteiger partial charge in [-0.3, -0.25) is 4.79 Å². The molecule has 0 amide bonds. The highest BCUT2D eigenvalue weighted by Crippen LogP contribution is 2.11. The Labute approximate surface area is 106 Å². The molecule has 1 aliphatic heterocycles. The Morgan fingerprint density at radius 1 is 1.50 bits per heavy atom. The van der Waals surface area contributed by atoms with Gasteiger partial charge >= 0.3 is 5.97 Å². The minimum atomic E-state index is -1.20. The average molecular weight is 254 g/mol. The molecule has 0 radical (unpaired) electrons. The van der Waals surface area contributed by atoms with Gasteiger partial charge in [-0.25, -0.2) is 4.79 Å². The quantitative estimate of drug-likeness (QED) is 0.454. The lowest BCUT2D eigenvalue weighted by Gasteiger charge is -2.21. The Morgan fingerprint density at radius 2 is 2.17 bits per heavy atom. The van der Waals surface area contributed by atoms with E-state index in [2.05, 4.69) is 20.8 Å². The van der Waals surface area contributed by atoms with Crippen LogP contribution in [0.5, 0.6) is 0 Å². The number of nitrogens with one attached hydrogen (secondary N) is 1. The maximum atomic E-state index is 11.8. The molecule has 0 aromatic rings. The molecule has 18 heavy (non-hydrogen) atoms. The first kappa shape index (κ1) is 14.3. The Balaban J connectivity index is 2.67. The Kier molecular flexibility index (Phi) is 4.52. The van der Waals surface area contributed by atoms with Gasteiger partial charge in [-0.1, -0.05) is 0 Å². The molecule has 7 heteroatoms. The number of nitrogens with zero attached hydrogens (tertiary/aromatic N) is 3. The van der Waals surface area contributed by atoms with E-state index in [4.69, 9.17) is 4.74 Å². The third-order valence-electron chi connectivity index (χ3n) is 1.98. The molecule has 2 atom stereocenters. The highest BCUT2D eigenvalue weighted by Gasteiger charge is 2.29. The van der Waals surface area contributed by atoms with E-state index in [0.29, 0.717) is 6.54 Å². The van der Waals surface area contributed by atoms with E-state index in [1.807, 2.05) is 0 Å². The number of rotatable bonds is 4. The van der Waals surface area contributed by atoms with E-state index in [9.17, 15) is 9.59 Å². The lowest BCUT2D eigenvalue weighted by Crippen LogP contribution is -2.34. The molecule has 0 bridgehead atoms. The van der Waals surface area contributed by atoms with Gasteiger partial charge in [0.1, 0.15) is 11.6 Å². The summed E-state index contributed by atoms with van der Waals surface area (Å²) in [4.78, 5) is 23.1. The maximum Gasteiger partial charge on any atom is 0.341 e. The first-order valence-electron chi connectivity index (χ1n) is 5.69. The SMILES string of the molecule is CC(=O)C(/N=N/C1C=NNC1)C(=O)OC(C)(C)C. The largest absolute Gasteiger partial charge is 0.458 e. The summed E-state index contributed by atoms with van der Waals surface area (Å²) in [5.74, 6) is -1.07. The van der Waals surface area contributed by atoms with E-state index < -0.39 is 23.4 Å². The van der Waals surface area contributed by atoms with Gasteiger partial charge in [0.2, 0.25) is 6.04 Å². The predicted molar refractivity (Wildman–Crippen MR) is 65.5 cm³/mol. The van der Waals surface area contributed by atoms with Crippen LogP contribution in [0, 0.1) is 0 Å². The van der Waals surface area contributed by atoms with Gasteiger partial charge < -0.3 is 10.2 Å². The van der Waals surface area contributed by atoms with Crippen LogP contribution in [0.3, 0.4) is 0 Å². The van der Waals surface area contributed by atoms with Crippen molar-refractivity contribution >= 4 is 18.0 Å². The third-order valence-corrected chi connectivity index (χ3v) is 1.98. The van der Waals surface area contributed by atoms with Crippen LogP contribution in [0.1, 0.15) is 27.7 Å². The smallest absolute Gasteiger partial charge is 0.341 e. The van der Waals surface area contributed by atoms with Crippen LogP contribution in [0.2, 0.25) is 0 Å². The van der Waals surface area contributed by atoms with E-state index in [1.165, 1.54) is 6.92 Å². The lowest BCUT2D eigenvalue weighted by atomic mass is 10.1. The van der Waals surface area contributed by atoms with Crippen LogP contribution in [-0.2, 0) is 14.3 Å². The number of esters is 1. The zero-order chi connectivity index (χ0) is 13.8. The molecular weight excluding hydrogens is 236 g/mol. The molecule has 0 spiro atoms. The number of carbonyl (C=O) groups is 2. The van der Waals surface area contributed by atoms with Gasteiger partial charge in [-0.2, -0.15) is 15.3 Å². The topological polar surface area (TPSA) is 92.5 Å². The highest BCUT2D eigenvalue weighted by atomic mass is 16.6. The number of hydrogen-bond acceptors (Lipinski definition) is 7. The van der Waals surface area contributed by atoms with Crippen LogP contribution in [0.4, 0.5) is 0 Å². The van der Waals surface area contributed by atoms with E-state index in [-0.39, 0.29) is 6.04 Å². The van der Waals surface area contributed by atoms with Gasteiger partial charge in [0.05, 0.1) is 12.8 Å². The van der Waals surface area contributed by atoms with Gasteiger partial charge in [-0.05, 0) is 27.7 Å². The number of hydrazone groups is 1. The maximum absolute atomic E-state index is 11.8. The van der Waals surface area contributed by atoms with Crippen molar-refractivity contribution in [2.45, 2.75) is 45.4 Å². The molecule has 1 heterocycles. The van der Waals surface area contributed by atoms with Crippen LogP contribution in [0.25, 0.3) is 0 Å². The van der Waals surface area contributed by atoms with Crippen molar-refractivity contribution in [3.05, 3.63) is 0 Å². The highest BCUT2D eigenvalue weighted by molar-refractivity contribution is 6.02. The van der Waals surface area contributed by atoms with Crippen molar-refractivity contribution in [1.82, 2.24) is 5.43 Å². The van der Waals surface area contributed by atoms with Crippen LogP contribution in [0.15, 0.2) is 15.3 Å². The molecule has 1 aliphatic rings. The Hall–Kier alpha value is -1.79. The predicted octanol–water partition coefficient (Wildman–Crippen LogP) is 0.695. The fraction of sp³-hybridized carbons (Fsp3) is 0.727. The van der Waals surface area contributed by atoms with Crippen molar-refractivity contribution in [3.8, 4) is 0 Å². The van der Waals surface area contributed by atoms with Crippen molar-refractivity contribution in [1.29, 1.82) is 0 Å². The Bertz CT molecular complexity index is 384. The van der Waals surface area contributed by atoms with Crippen molar-refractivity contribution < 1.29 is 14.3 Å². The third kappa shape index (κ3) is 4.60. The van der Waals surface area contributed by atoms with Crippen LogP contribution >= 0.6 is 0 Å². The van der Waals surface area contributed by atoms with E-state index in [1.54, 1.807) is 27.0 Å². The van der Waals surface area contributed by atoms with Crippen molar-refractivity contribution in [3.63, 3.8) is 0 Å². The molecule has 0 aromatic heterocycles. The zero-order valence-corrected chi connectivity index (χ0v) is 11.0. The van der Waals surface area contributed by atoms with Crippen LogP contribution in [-0.4, -0.2) is 42.2 Å². The first-order valence-corrected chi connectivity index (χ1v) is 5.69. The number of Topliss-reactive ketones (excluding diaryl/α,β-unsaturated/α-hetero) is 1. The second-order valence-corrected chi connectivity index (χ2v) is 4.99. The Morgan fingerprint density at radius 3 is 2.61 bits per heavy atom. The molecule has 0 aliphatic carbocycles. The molecule has 0 saturated carbocycles. The summed E-state index contributed by atoms with van der Waals surface area (Å²) < 4.78 is 5.11. The summed E-state index contributed by atoms with van der Waals surface area (Å²) in [5, 5.41) is 11.4. The second kappa shape index (κ2) is 5.70. The molecule has 0 aromatic carbocycles. The van der Waals surface area contributed by atoms with E-state index in [0.717, 1.165) is 0 Å². The fourth-order valence-corrected chi connectivity index (χ4v) is 1.21. The standard InChI is InChI=1S/C11H18N4O3/c1-7(16)9(10(17)18-11(2,3)4)15-14-8-5-12-13-6-8/h5,8-9,13H,6H2,1-4H3/b15-14+. The average Bonchev–Trinajstić information content (AvgIpc) is 2.67. The summed E-state index contributed by atoms with van der Waals surface area (Å²) in [7, 11) is 0. The molecule has 0 saturated heterocycles. The second-order valence-electron chi connectivity index (χ2n) is 4.99. The van der Waals surface area contributed by atoms with Crippen molar-refractivity contribution in [2.75, 3.05) is 6.54 Å². The summed E-state index contributed by atoms with van der Waals surface area (Å²) in [6, 6.07) is -1.44. The molecule has 1 rings (SSSR count). The fourth-order valence-electron chi connectivity index (χ4n) is 1.21. The number of carbonyl (C=O) groups excluding carboxylic acids is 2. The molecular formula is C11H18N4O3. The van der Waals surface area contributed by atoms with Crippen molar-refractivity contribution in [2.24, 2.45) is 15.3 Å². The van der Waals surface area contributed by atoms with Gasteiger partial charge in [0.25, 0.3) is 0 Å². The number of azo groups is 1. The van der Waals surface area contributed by atoms with Gasteiger partial charge in [-0.15, -0.1) is 0 Å². The zero-order valence-electron chi connectivity index (χ0n) is 11.0. The summed E-state index contributed by atoms with van der Waals surface area (Å²) in [6.45, 7) is 6.99. The first-order chi connectivity index (χ1) is 8.29. The normalized spacial score (nSPS) is 20.8. The molecule has 0 fully saturated rings. The molecule has 100 valence electrons. The summed E-state index contributed by atoms with van der Waals surface area (Å²) in [6.07, 6.45) is 1.57. The monoisotopic (exact) mass is 254 g/mol. The molecule has 1 N–H and O–H groups in total. The lowest BCUT2D eigenvalue weighted by molar-refractivity contribution is -0.157. The number of ether oxygens (including phenoxy) is 1. The molecule has 2 unspecified atom stereocenters. The minimum Gasteiger partial charge on any atom is -0.458 e. The number of hydrogen-bond donors (Lipinski definition) is 1. The van der Waals surface area contributed by atoms with Crippen LogP contribution < -0.4 is 5.43 Å². The van der Waals surface area contributed by atoms with Gasteiger partial charge in [0.15, 0.2) is 5.78 Å². The molecule has 7 nitrogen and oxygen atoms in total. The summed E-state index contributed by atoms with van der Waals surface area (Å²) >= 11 is 0. The minimum absolute atomic E-state index is 0.241. The van der Waals surface area contributed by atoms with E-state index >= 15 is 0 Å².